The average Bonchev–Trinajstić information content (AvgIpc) is 3.23. The lowest BCUT2D eigenvalue weighted by atomic mass is 10.1. The first-order chi connectivity index (χ1) is 9.20. The molecular weight excluding hydrogens is 266 g/mol. The van der Waals surface area contributed by atoms with Crippen molar-refractivity contribution in [2.75, 3.05) is 13.2 Å². The van der Waals surface area contributed by atoms with Crippen molar-refractivity contribution in [3.05, 3.63) is 40.5 Å². The second-order valence-corrected chi connectivity index (χ2v) is 4.68. The number of esters is 1. The Morgan fingerprint density at radius 1 is 1.58 bits per heavy atom. The van der Waals surface area contributed by atoms with E-state index in [1.54, 1.807) is 6.92 Å². The van der Waals surface area contributed by atoms with E-state index in [0.29, 0.717) is 17.2 Å². The van der Waals surface area contributed by atoms with Crippen LogP contribution < -0.4 is 0 Å². The monoisotopic (exact) mass is 277 g/mol. The van der Waals surface area contributed by atoms with Crippen molar-refractivity contribution < 1.29 is 14.3 Å². The van der Waals surface area contributed by atoms with E-state index in [9.17, 15) is 4.79 Å². The van der Waals surface area contributed by atoms with E-state index in [4.69, 9.17) is 21.1 Å². The lowest BCUT2D eigenvalue weighted by Gasteiger charge is -2.07. The molecule has 19 heavy (non-hydrogen) atoms. The summed E-state index contributed by atoms with van der Waals surface area (Å²) >= 11 is 6.29. The van der Waals surface area contributed by atoms with Gasteiger partial charge in [-0.1, -0.05) is 17.7 Å². The van der Waals surface area contributed by atoms with Gasteiger partial charge in [-0.25, -0.2) is 4.79 Å². The number of fused-ring (bicyclic) bond motifs is 1. The number of aromatic nitrogens is 1. The Morgan fingerprint density at radius 3 is 3.05 bits per heavy atom. The number of epoxide rings is 1. The smallest absolute Gasteiger partial charge is 0.341 e. The number of hydrogen-bond acceptors (Lipinski definition) is 4. The van der Waals surface area contributed by atoms with E-state index in [2.05, 4.69) is 4.98 Å². The van der Waals surface area contributed by atoms with Crippen LogP contribution in [0, 0.1) is 0 Å². The third-order valence-corrected chi connectivity index (χ3v) is 3.43. The molecule has 0 amide bonds. The highest BCUT2D eigenvalue weighted by molar-refractivity contribution is 6.38. The van der Waals surface area contributed by atoms with Crippen LogP contribution in [0.3, 0.4) is 0 Å². The van der Waals surface area contributed by atoms with Crippen molar-refractivity contribution in [2.24, 2.45) is 0 Å². The van der Waals surface area contributed by atoms with Crippen molar-refractivity contribution >= 4 is 28.5 Å². The highest BCUT2D eigenvalue weighted by atomic mass is 35.5. The number of carbonyl (C=O) groups excluding carboxylic acids is 1. The van der Waals surface area contributed by atoms with Gasteiger partial charge in [-0.05, 0) is 24.6 Å². The van der Waals surface area contributed by atoms with Gasteiger partial charge in [0, 0.05) is 11.6 Å². The molecule has 1 aromatic carbocycles. The van der Waals surface area contributed by atoms with Gasteiger partial charge in [0.15, 0.2) is 0 Å². The summed E-state index contributed by atoms with van der Waals surface area (Å²) in [6.07, 6.45) is 1.60. The fourth-order valence-electron chi connectivity index (χ4n) is 1.97. The first-order valence-corrected chi connectivity index (χ1v) is 6.45. The van der Waals surface area contributed by atoms with E-state index < -0.39 is 5.97 Å². The lowest BCUT2D eigenvalue weighted by Crippen LogP contribution is -2.06. The molecule has 0 aliphatic carbocycles. The van der Waals surface area contributed by atoms with Crippen LogP contribution in [-0.4, -0.2) is 24.2 Å². The third kappa shape index (κ3) is 2.29. The maximum Gasteiger partial charge on any atom is 0.341 e. The molecule has 0 spiro atoms. The second-order valence-electron chi connectivity index (χ2n) is 4.30. The molecule has 1 aliphatic heterocycles. The molecule has 1 saturated heterocycles. The summed E-state index contributed by atoms with van der Waals surface area (Å²) < 4.78 is 10.2. The van der Waals surface area contributed by atoms with Crippen molar-refractivity contribution in [3.63, 3.8) is 0 Å². The fraction of sp³-hybridized carbons (Fsp3) is 0.286. The first kappa shape index (κ1) is 12.4. The minimum Gasteiger partial charge on any atom is -0.462 e. The van der Waals surface area contributed by atoms with Gasteiger partial charge in [0.1, 0.15) is 6.10 Å². The largest absolute Gasteiger partial charge is 0.462 e. The predicted octanol–water partition coefficient (Wildman–Crippen LogP) is 3.14. The summed E-state index contributed by atoms with van der Waals surface area (Å²) in [5.41, 5.74) is 2.10. The van der Waals surface area contributed by atoms with Gasteiger partial charge in [-0.2, -0.15) is 0 Å². The summed E-state index contributed by atoms with van der Waals surface area (Å²) in [5, 5.41) is 1.13. The first-order valence-electron chi connectivity index (χ1n) is 6.07. The molecule has 2 aromatic rings. The van der Waals surface area contributed by atoms with E-state index in [-0.39, 0.29) is 6.10 Å². The summed E-state index contributed by atoms with van der Waals surface area (Å²) in [6, 6.07) is 5.77. The van der Waals surface area contributed by atoms with E-state index >= 15 is 0 Å². The highest BCUT2D eigenvalue weighted by Crippen LogP contribution is 2.34. The summed E-state index contributed by atoms with van der Waals surface area (Å²) in [6.45, 7) is 2.79. The molecule has 1 aromatic heterocycles. The highest BCUT2D eigenvalue weighted by Gasteiger charge is 2.25. The van der Waals surface area contributed by atoms with Crippen LogP contribution in [-0.2, 0) is 9.47 Å². The van der Waals surface area contributed by atoms with Gasteiger partial charge < -0.3 is 9.47 Å². The van der Waals surface area contributed by atoms with Crippen molar-refractivity contribution in [1.29, 1.82) is 0 Å². The van der Waals surface area contributed by atoms with Gasteiger partial charge in [0.05, 0.1) is 29.3 Å². The van der Waals surface area contributed by atoms with Crippen LogP contribution >= 0.6 is 11.6 Å². The number of ether oxygens (including phenoxy) is 2. The summed E-state index contributed by atoms with van der Waals surface area (Å²) in [7, 11) is 0. The van der Waals surface area contributed by atoms with Crippen LogP contribution in [0.25, 0.3) is 10.9 Å². The van der Waals surface area contributed by atoms with E-state index in [1.807, 2.05) is 18.2 Å². The van der Waals surface area contributed by atoms with Crippen molar-refractivity contribution in [1.82, 2.24) is 4.98 Å². The molecule has 0 saturated carbocycles. The molecule has 1 atom stereocenters. The zero-order valence-electron chi connectivity index (χ0n) is 10.4. The SMILES string of the molecule is CCOC(=O)c1cnc2ccc(C3CO3)cc2c1Cl. The summed E-state index contributed by atoms with van der Waals surface area (Å²) in [4.78, 5) is 16.0. The van der Waals surface area contributed by atoms with Gasteiger partial charge >= 0.3 is 5.97 Å². The van der Waals surface area contributed by atoms with Gasteiger partial charge in [0.25, 0.3) is 0 Å². The molecule has 4 nitrogen and oxygen atoms in total. The van der Waals surface area contributed by atoms with Crippen LogP contribution in [0.5, 0.6) is 0 Å². The van der Waals surface area contributed by atoms with Crippen molar-refractivity contribution in [2.45, 2.75) is 13.0 Å². The zero-order valence-corrected chi connectivity index (χ0v) is 11.1. The summed E-state index contributed by atoms with van der Waals surface area (Å²) in [5.74, 6) is -0.449. The lowest BCUT2D eigenvalue weighted by molar-refractivity contribution is 0.0526. The fourth-order valence-corrected chi connectivity index (χ4v) is 2.25. The number of benzene rings is 1. The molecular formula is C14H12ClNO3. The third-order valence-electron chi connectivity index (χ3n) is 3.03. The van der Waals surface area contributed by atoms with Crippen LogP contribution in [0.1, 0.15) is 28.9 Å². The number of hydrogen-bond donors (Lipinski definition) is 0. The number of nitrogens with zero attached hydrogens (tertiary/aromatic N) is 1. The Bertz CT molecular complexity index is 652. The molecule has 3 rings (SSSR count). The molecule has 1 fully saturated rings. The molecule has 1 unspecified atom stereocenters. The minimum absolute atomic E-state index is 0.145. The minimum atomic E-state index is -0.449. The van der Waals surface area contributed by atoms with Gasteiger partial charge in [-0.15, -0.1) is 0 Å². The maximum absolute atomic E-state index is 11.8. The molecule has 98 valence electrons. The number of carbonyl (C=O) groups is 1. The molecule has 2 heterocycles. The molecule has 1 aliphatic rings. The topological polar surface area (TPSA) is 51.7 Å². The number of halogens is 1. The Balaban J connectivity index is 2.10. The second kappa shape index (κ2) is 4.79. The number of rotatable bonds is 3. The predicted molar refractivity (Wildman–Crippen MR) is 71.4 cm³/mol. The van der Waals surface area contributed by atoms with Crippen LogP contribution in [0.2, 0.25) is 5.02 Å². The molecule has 0 bridgehead atoms. The Morgan fingerprint density at radius 2 is 2.37 bits per heavy atom. The van der Waals surface area contributed by atoms with Crippen LogP contribution in [0.4, 0.5) is 0 Å². The Kier molecular flexibility index (Phi) is 3.12. The van der Waals surface area contributed by atoms with E-state index in [1.165, 1.54) is 6.20 Å². The standard InChI is InChI=1S/C14H12ClNO3/c1-2-18-14(17)10-6-16-11-4-3-8(12-7-19-12)5-9(11)13(10)15/h3-6,12H,2,7H2,1H3. The van der Waals surface area contributed by atoms with Crippen molar-refractivity contribution in [3.8, 4) is 0 Å². The van der Waals surface area contributed by atoms with Gasteiger partial charge in [0.2, 0.25) is 0 Å². The maximum atomic E-state index is 11.8. The zero-order chi connectivity index (χ0) is 13.4. The van der Waals surface area contributed by atoms with E-state index in [0.717, 1.165) is 23.1 Å². The number of pyridine rings is 1. The normalized spacial score (nSPS) is 17.5. The molecule has 5 heteroatoms. The van der Waals surface area contributed by atoms with Gasteiger partial charge in [-0.3, -0.25) is 4.98 Å². The Hall–Kier alpha value is -1.65. The molecule has 0 N–H and O–H groups in total. The Labute approximate surface area is 115 Å². The van der Waals surface area contributed by atoms with Crippen LogP contribution in [0.15, 0.2) is 24.4 Å². The quantitative estimate of drug-likeness (QED) is 0.639. The average molecular weight is 278 g/mol. The molecule has 0 radical (unpaired) electrons.